The fourth-order valence-corrected chi connectivity index (χ4v) is 3.77. The molecule has 4 rings (SSSR count). The molecular weight excluding hydrogens is 431 g/mol. The van der Waals surface area contributed by atoms with Gasteiger partial charge in [-0.25, -0.2) is 0 Å². The number of halogens is 2. The van der Waals surface area contributed by atoms with Crippen molar-refractivity contribution >= 4 is 46.3 Å². The van der Waals surface area contributed by atoms with E-state index in [0.717, 1.165) is 16.7 Å². The monoisotopic (exact) mass is 450 g/mol. The summed E-state index contributed by atoms with van der Waals surface area (Å²) in [5, 5.41) is 4.36. The Labute approximate surface area is 191 Å². The van der Waals surface area contributed by atoms with Crippen molar-refractivity contribution in [1.82, 2.24) is 4.90 Å². The van der Waals surface area contributed by atoms with Crippen molar-refractivity contribution in [1.29, 1.82) is 0 Å². The number of rotatable bonds is 5. The number of amides is 2. The summed E-state index contributed by atoms with van der Waals surface area (Å²) >= 11 is 12.2. The summed E-state index contributed by atoms with van der Waals surface area (Å²) in [6.07, 6.45) is 0. The SMILES string of the molecule is Cc1ccc(C2=C(Nc3cccc(Cl)c3C)C(=O)N(Cc3ccc(Cl)cc3)C2=O)cc1. The van der Waals surface area contributed by atoms with Crippen LogP contribution in [-0.4, -0.2) is 16.7 Å². The highest BCUT2D eigenvalue weighted by atomic mass is 35.5. The molecule has 0 aliphatic carbocycles. The number of aryl methyl sites for hydroxylation is 1. The number of nitrogens with one attached hydrogen (secondary N) is 1. The standard InChI is InChI=1S/C25H20Cl2N2O2/c1-15-6-10-18(11-7-15)22-23(28-21-5-3-4-20(27)16(21)2)25(31)29(24(22)30)14-17-8-12-19(26)13-9-17/h3-13,28H,14H2,1-2H3. The van der Waals surface area contributed by atoms with Gasteiger partial charge in [-0.2, -0.15) is 0 Å². The fourth-order valence-electron chi connectivity index (χ4n) is 3.47. The van der Waals surface area contributed by atoms with Gasteiger partial charge in [-0.1, -0.05) is 71.2 Å². The van der Waals surface area contributed by atoms with Crippen LogP contribution < -0.4 is 5.32 Å². The minimum Gasteiger partial charge on any atom is -0.350 e. The Morgan fingerprint density at radius 3 is 2.19 bits per heavy atom. The van der Waals surface area contributed by atoms with Crippen molar-refractivity contribution in [2.24, 2.45) is 0 Å². The molecule has 156 valence electrons. The lowest BCUT2D eigenvalue weighted by Crippen LogP contribution is -2.32. The predicted molar refractivity (Wildman–Crippen MR) is 125 cm³/mol. The zero-order chi connectivity index (χ0) is 22.1. The highest BCUT2D eigenvalue weighted by Gasteiger charge is 2.39. The largest absolute Gasteiger partial charge is 0.350 e. The maximum atomic E-state index is 13.4. The average molecular weight is 451 g/mol. The third-order valence-corrected chi connectivity index (χ3v) is 5.95. The van der Waals surface area contributed by atoms with Gasteiger partial charge in [-0.15, -0.1) is 0 Å². The van der Waals surface area contributed by atoms with E-state index < -0.39 is 0 Å². The molecule has 1 N–H and O–H groups in total. The molecule has 6 heteroatoms. The highest BCUT2D eigenvalue weighted by molar-refractivity contribution is 6.36. The molecule has 3 aromatic rings. The van der Waals surface area contributed by atoms with E-state index in [1.807, 2.05) is 44.2 Å². The molecular formula is C25H20Cl2N2O2. The Balaban J connectivity index is 1.76. The summed E-state index contributed by atoms with van der Waals surface area (Å²) in [7, 11) is 0. The quantitative estimate of drug-likeness (QED) is 0.484. The Morgan fingerprint density at radius 2 is 1.52 bits per heavy atom. The normalized spacial score (nSPS) is 13.9. The second kappa shape index (κ2) is 8.58. The third kappa shape index (κ3) is 4.22. The number of anilines is 1. The van der Waals surface area contributed by atoms with Gasteiger partial charge in [0.05, 0.1) is 12.1 Å². The molecule has 1 heterocycles. The van der Waals surface area contributed by atoms with Gasteiger partial charge in [-0.05, 0) is 54.8 Å². The van der Waals surface area contributed by atoms with Gasteiger partial charge in [0.1, 0.15) is 5.70 Å². The van der Waals surface area contributed by atoms with Crippen LogP contribution in [0.2, 0.25) is 10.0 Å². The van der Waals surface area contributed by atoms with Crippen molar-refractivity contribution < 1.29 is 9.59 Å². The Hall–Kier alpha value is -3.08. The van der Waals surface area contributed by atoms with Crippen molar-refractivity contribution in [3.05, 3.63) is 105 Å². The van der Waals surface area contributed by atoms with Crippen molar-refractivity contribution in [3.8, 4) is 0 Å². The number of carbonyl (C=O) groups is 2. The molecule has 3 aromatic carbocycles. The van der Waals surface area contributed by atoms with Crippen LogP contribution in [0.3, 0.4) is 0 Å². The van der Waals surface area contributed by atoms with E-state index in [1.54, 1.807) is 36.4 Å². The smallest absolute Gasteiger partial charge is 0.278 e. The van der Waals surface area contributed by atoms with Crippen LogP contribution >= 0.6 is 23.2 Å². The molecule has 1 aliphatic rings. The highest BCUT2D eigenvalue weighted by Crippen LogP contribution is 2.33. The van der Waals surface area contributed by atoms with Crippen LogP contribution in [0.15, 0.2) is 72.4 Å². The van der Waals surface area contributed by atoms with E-state index in [-0.39, 0.29) is 24.1 Å². The van der Waals surface area contributed by atoms with Crippen molar-refractivity contribution in [3.63, 3.8) is 0 Å². The minimum absolute atomic E-state index is 0.157. The van der Waals surface area contributed by atoms with E-state index in [9.17, 15) is 9.59 Å². The third-order valence-electron chi connectivity index (χ3n) is 5.29. The maximum absolute atomic E-state index is 13.4. The van der Waals surface area contributed by atoms with Crippen LogP contribution in [0.5, 0.6) is 0 Å². The topological polar surface area (TPSA) is 49.4 Å². The van der Waals surface area contributed by atoms with E-state index in [1.165, 1.54) is 4.90 Å². The van der Waals surface area contributed by atoms with Gasteiger partial charge in [0.25, 0.3) is 11.8 Å². The van der Waals surface area contributed by atoms with Gasteiger partial charge < -0.3 is 5.32 Å². The van der Waals surface area contributed by atoms with Crippen molar-refractivity contribution in [2.45, 2.75) is 20.4 Å². The van der Waals surface area contributed by atoms with Crippen molar-refractivity contribution in [2.75, 3.05) is 5.32 Å². The lowest BCUT2D eigenvalue weighted by Gasteiger charge is -2.16. The van der Waals surface area contributed by atoms with Gasteiger partial charge in [-0.3, -0.25) is 14.5 Å². The number of hydrogen-bond acceptors (Lipinski definition) is 3. The lowest BCUT2D eigenvalue weighted by molar-refractivity contribution is -0.137. The molecule has 4 nitrogen and oxygen atoms in total. The second-order valence-corrected chi connectivity index (χ2v) is 8.32. The van der Waals surface area contributed by atoms with Crippen LogP contribution in [0.4, 0.5) is 5.69 Å². The fraction of sp³-hybridized carbons (Fsp3) is 0.120. The molecule has 31 heavy (non-hydrogen) atoms. The number of nitrogens with zero attached hydrogens (tertiary/aromatic N) is 1. The number of benzene rings is 3. The number of hydrogen-bond donors (Lipinski definition) is 1. The molecule has 0 saturated heterocycles. The molecule has 0 saturated carbocycles. The molecule has 2 amide bonds. The summed E-state index contributed by atoms with van der Waals surface area (Å²) < 4.78 is 0. The molecule has 0 aromatic heterocycles. The first-order valence-electron chi connectivity index (χ1n) is 9.79. The second-order valence-electron chi connectivity index (χ2n) is 7.48. The zero-order valence-electron chi connectivity index (χ0n) is 17.1. The molecule has 0 spiro atoms. The number of carbonyl (C=O) groups excluding carboxylic acids is 2. The first kappa shape index (κ1) is 21.2. The Kier molecular flexibility index (Phi) is 5.86. The Morgan fingerprint density at radius 1 is 0.839 bits per heavy atom. The number of imide groups is 1. The summed E-state index contributed by atoms with van der Waals surface area (Å²) in [4.78, 5) is 28.0. The van der Waals surface area contributed by atoms with E-state index in [4.69, 9.17) is 23.2 Å². The molecule has 0 unspecified atom stereocenters. The summed E-state index contributed by atoms with van der Waals surface area (Å²) in [5.74, 6) is -0.721. The van der Waals surface area contributed by atoms with Gasteiger partial charge >= 0.3 is 0 Å². The first-order valence-corrected chi connectivity index (χ1v) is 10.5. The molecule has 0 bridgehead atoms. The van der Waals surface area contributed by atoms with Crippen LogP contribution in [0.25, 0.3) is 5.57 Å². The zero-order valence-corrected chi connectivity index (χ0v) is 18.6. The van der Waals surface area contributed by atoms with E-state index in [2.05, 4.69) is 5.32 Å². The van der Waals surface area contributed by atoms with E-state index in [0.29, 0.717) is 26.9 Å². The molecule has 1 aliphatic heterocycles. The van der Waals surface area contributed by atoms with Crippen LogP contribution in [-0.2, 0) is 16.1 Å². The van der Waals surface area contributed by atoms with Crippen LogP contribution in [0.1, 0.15) is 22.3 Å². The van der Waals surface area contributed by atoms with Gasteiger partial charge in [0.15, 0.2) is 0 Å². The van der Waals surface area contributed by atoms with Gasteiger partial charge in [0, 0.05) is 15.7 Å². The summed E-state index contributed by atoms with van der Waals surface area (Å²) in [6, 6.07) is 20.1. The summed E-state index contributed by atoms with van der Waals surface area (Å²) in [5.41, 5.74) is 4.64. The first-order chi connectivity index (χ1) is 14.8. The lowest BCUT2D eigenvalue weighted by atomic mass is 10.0. The molecule has 0 atom stereocenters. The molecule has 0 fully saturated rings. The molecule has 0 radical (unpaired) electrons. The van der Waals surface area contributed by atoms with Gasteiger partial charge in [0.2, 0.25) is 0 Å². The minimum atomic E-state index is -0.380. The predicted octanol–water partition coefficient (Wildman–Crippen LogP) is 6.00. The van der Waals surface area contributed by atoms with Crippen LogP contribution in [0, 0.1) is 13.8 Å². The van der Waals surface area contributed by atoms with E-state index >= 15 is 0 Å². The maximum Gasteiger partial charge on any atom is 0.278 e. The average Bonchev–Trinajstić information content (AvgIpc) is 2.98. The summed E-state index contributed by atoms with van der Waals surface area (Å²) in [6.45, 7) is 3.99. The Bertz CT molecular complexity index is 1200.